The Bertz CT molecular complexity index is 796. The number of nitrogens with zero attached hydrogens (tertiary/aromatic N) is 2. The average Bonchev–Trinajstić information content (AvgIpc) is 3.08. The van der Waals surface area contributed by atoms with E-state index >= 15 is 0 Å². The predicted octanol–water partition coefficient (Wildman–Crippen LogP) is 4.40. The molecule has 158 valence electrons. The van der Waals surface area contributed by atoms with Crippen LogP contribution in [0.4, 0.5) is 5.69 Å². The van der Waals surface area contributed by atoms with Crippen molar-refractivity contribution in [3.05, 3.63) is 46.8 Å². The van der Waals surface area contributed by atoms with Crippen molar-refractivity contribution in [2.75, 3.05) is 18.4 Å². The fourth-order valence-electron chi connectivity index (χ4n) is 2.75. The molecular formula is C22H31N3O4. The van der Waals surface area contributed by atoms with E-state index in [9.17, 15) is 14.4 Å². The van der Waals surface area contributed by atoms with E-state index in [0.717, 1.165) is 0 Å². The lowest BCUT2D eigenvalue weighted by Gasteiger charge is -2.26. The molecule has 2 heterocycles. The van der Waals surface area contributed by atoms with E-state index in [0.29, 0.717) is 54.2 Å². The summed E-state index contributed by atoms with van der Waals surface area (Å²) in [6.07, 6.45) is 0.813. The maximum absolute atomic E-state index is 12.4. The zero-order chi connectivity index (χ0) is 22.0. The van der Waals surface area contributed by atoms with E-state index in [1.165, 1.54) is 0 Å². The van der Waals surface area contributed by atoms with Crippen molar-refractivity contribution in [3.8, 4) is 0 Å². The number of carbonyl (C=O) groups is 3. The summed E-state index contributed by atoms with van der Waals surface area (Å²) in [7, 11) is 0. The number of piperidine rings is 1. The van der Waals surface area contributed by atoms with Crippen molar-refractivity contribution >= 4 is 23.3 Å². The largest absolute Gasteiger partial charge is 0.359 e. The molecule has 1 aliphatic rings. The van der Waals surface area contributed by atoms with Gasteiger partial charge in [-0.15, -0.1) is 0 Å². The van der Waals surface area contributed by atoms with Crippen molar-refractivity contribution in [2.24, 2.45) is 0 Å². The monoisotopic (exact) mass is 401 g/mol. The van der Waals surface area contributed by atoms with Crippen LogP contribution in [0.15, 0.2) is 28.8 Å². The van der Waals surface area contributed by atoms with Crippen LogP contribution in [0.5, 0.6) is 0 Å². The normalized spacial score (nSPS) is 12.9. The third kappa shape index (κ3) is 6.27. The molecule has 0 radical (unpaired) electrons. The van der Waals surface area contributed by atoms with Gasteiger partial charge in [-0.3, -0.25) is 14.4 Å². The molecule has 0 spiro atoms. The number of carbonyl (C=O) groups excluding carboxylic acids is 3. The van der Waals surface area contributed by atoms with Gasteiger partial charge < -0.3 is 14.7 Å². The number of ketones is 1. The molecule has 7 nitrogen and oxygen atoms in total. The zero-order valence-electron chi connectivity index (χ0n) is 18.2. The van der Waals surface area contributed by atoms with Gasteiger partial charge in [-0.25, -0.2) is 0 Å². The Kier molecular flexibility index (Phi) is 9.79. The molecule has 0 aliphatic carbocycles. The Morgan fingerprint density at radius 2 is 1.48 bits per heavy atom. The van der Waals surface area contributed by atoms with E-state index in [4.69, 9.17) is 4.52 Å². The van der Waals surface area contributed by atoms with Gasteiger partial charge in [-0.2, -0.15) is 0 Å². The lowest BCUT2D eigenvalue weighted by atomic mass is 10.1. The van der Waals surface area contributed by atoms with Crippen molar-refractivity contribution in [2.45, 2.75) is 54.4 Å². The van der Waals surface area contributed by atoms with Gasteiger partial charge in [-0.1, -0.05) is 32.9 Å². The van der Waals surface area contributed by atoms with Crippen LogP contribution >= 0.6 is 0 Å². The number of amides is 2. The molecule has 2 amide bonds. The molecule has 0 saturated carbocycles. The fraction of sp³-hybridized carbons (Fsp3) is 0.455. The number of rotatable bonds is 3. The highest BCUT2D eigenvalue weighted by molar-refractivity contribution is 6.05. The smallest absolute Gasteiger partial charge is 0.255 e. The quantitative estimate of drug-likeness (QED) is 0.823. The number of hydrogen-bond donors (Lipinski definition) is 1. The third-order valence-electron chi connectivity index (χ3n) is 4.27. The van der Waals surface area contributed by atoms with Crippen LogP contribution < -0.4 is 5.32 Å². The number of aryl methyl sites for hydroxylation is 2. The first-order chi connectivity index (χ1) is 14.0. The van der Waals surface area contributed by atoms with Crippen molar-refractivity contribution in [1.82, 2.24) is 10.1 Å². The molecule has 29 heavy (non-hydrogen) atoms. The van der Waals surface area contributed by atoms with Gasteiger partial charge in [0.2, 0.25) is 0 Å². The SMILES string of the molecule is CC.CC.Cc1noc(C)c1NC(=O)c1ccc(C(=O)N2CCC(=O)CC2)cc1. The molecule has 0 unspecified atom stereocenters. The van der Waals surface area contributed by atoms with Gasteiger partial charge in [-0.05, 0) is 38.1 Å². The molecule has 1 aromatic carbocycles. The van der Waals surface area contributed by atoms with Gasteiger partial charge in [0.25, 0.3) is 11.8 Å². The van der Waals surface area contributed by atoms with Crippen molar-refractivity contribution < 1.29 is 18.9 Å². The van der Waals surface area contributed by atoms with E-state index in [2.05, 4.69) is 10.5 Å². The lowest BCUT2D eigenvalue weighted by molar-refractivity contribution is -0.120. The minimum Gasteiger partial charge on any atom is -0.359 e. The summed E-state index contributed by atoms with van der Waals surface area (Å²) >= 11 is 0. The minimum atomic E-state index is -0.294. The molecule has 2 aromatic rings. The number of Topliss-reactive ketones (excluding diaryl/α,β-unsaturated/α-hetero) is 1. The number of nitrogens with one attached hydrogen (secondary N) is 1. The third-order valence-corrected chi connectivity index (χ3v) is 4.27. The topological polar surface area (TPSA) is 92.5 Å². The predicted molar refractivity (Wildman–Crippen MR) is 113 cm³/mol. The second-order valence-corrected chi connectivity index (χ2v) is 6.06. The Hall–Kier alpha value is -2.96. The number of benzene rings is 1. The highest BCUT2D eigenvalue weighted by atomic mass is 16.5. The van der Waals surface area contributed by atoms with Gasteiger partial charge in [0.15, 0.2) is 5.76 Å². The molecule has 1 aliphatic heterocycles. The first-order valence-electron chi connectivity index (χ1n) is 10.1. The van der Waals surface area contributed by atoms with E-state index in [1.54, 1.807) is 43.0 Å². The maximum Gasteiger partial charge on any atom is 0.255 e. The zero-order valence-corrected chi connectivity index (χ0v) is 18.2. The first kappa shape index (κ1) is 24.1. The van der Waals surface area contributed by atoms with Crippen LogP contribution in [-0.2, 0) is 4.79 Å². The summed E-state index contributed by atoms with van der Waals surface area (Å²) in [6, 6.07) is 6.47. The molecule has 1 fully saturated rings. The number of anilines is 1. The first-order valence-corrected chi connectivity index (χ1v) is 10.1. The molecule has 0 atom stereocenters. The minimum absolute atomic E-state index is 0.120. The number of aromatic nitrogens is 1. The van der Waals surface area contributed by atoms with Crippen LogP contribution in [0.1, 0.15) is 72.7 Å². The van der Waals surface area contributed by atoms with Crippen LogP contribution in [0, 0.1) is 13.8 Å². The summed E-state index contributed by atoms with van der Waals surface area (Å²) in [5.74, 6) is 0.315. The Balaban J connectivity index is 0.000000989. The second-order valence-electron chi connectivity index (χ2n) is 6.06. The van der Waals surface area contributed by atoms with E-state index in [-0.39, 0.29) is 17.6 Å². The molecule has 0 bridgehead atoms. The second kappa shape index (κ2) is 11.8. The lowest BCUT2D eigenvalue weighted by Crippen LogP contribution is -2.38. The van der Waals surface area contributed by atoms with Gasteiger partial charge in [0.1, 0.15) is 17.2 Å². The van der Waals surface area contributed by atoms with Gasteiger partial charge in [0, 0.05) is 37.1 Å². The van der Waals surface area contributed by atoms with Gasteiger partial charge in [0.05, 0.1) is 0 Å². The Labute approximate surface area is 172 Å². The molecule has 1 aromatic heterocycles. The Morgan fingerprint density at radius 3 is 1.97 bits per heavy atom. The summed E-state index contributed by atoms with van der Waals surface area (Å²) in [4.78, 5) is 37.7. The standard InChI is InChI=1S/C18H19N3O4.2C2H6/c1-11-16(12(2)25-20-11)19-17(23)13-3-5-14(6-4-13)18(24)21-9-7-15(22)8-10-21;2*1-2/h3-6H,7-10H2,1-2H3,(H,19,23);2*1-2H3. The summed E-state index contributed by atoms with van der Waals surface area (Å²) < 4.78 is 5.02. The number of hydrogen-bond acceptors (Lipinski definition) is 5. The average molecular weight is 402 g/mol. The highest BCUT2D eigenvalue weighted by Gasteiger charge is 2.22. The molecule has 7 heteroatoms. The molecular weight excluding hydrogens is 370 g/mol. The van der Waals surface area contributed by atoms with Crippen LogP contribution in [0.3, 0.4) is 0 Å². The van der Waals surface area contributed by atoms with Crippen LogP contribution in [0.25, 0.3) is 0 Å². The summed E-state index contributed by atoms with van der Waals surface area (Å²) in [5, 5.41) is 6.56. The summed E-state index contributed by atoms with van der Waals surface area (Å²) in [6.45, 7) is 12.4. The highest BCUT2D eigenvalue weighted by Crippen LogP contribution is 2.20. The Morgan fingerprint density at radius 1 is 0.966 bits per heavy atom. The van der Waals surface area contributed by atoms with E-state index in [1.807, 2.05) is 27.7 Å². The number of likely N-dealkylation sites (tertiary alicyclic amines) is 1. The van der Waals surface area contributed by atoms with Crippen LogP contribution in [-0.4, -0.2) is 40.7 Å². The maximum atomic E-state index is 12.4. The van der Waals surface area contributed by atoms with E-state index < -0.39 is 0 Å². The van der Waals surface area contributed by atoms with Crippen LogP contribution in [0.2, 0.25) is 0 Å². The fourth-order valence-corrected chi connectivity index (χ4v) is 2.75. The van der Waals surface area contributed by atoms with Crippen molar-refractivity contribution in [1.29, 1.82) is 0 Å². The molecule has 1 N–H and O–H groups in total. The molecule has 1 saturated heterocycles. The van der Waals surface area contributed by atoms with Crippen molar-refractivity contribution in [3.63, 3.8) is 0 Å². The summed E-state index contributed by atoms with van der Waals surface area (Å²) in [5.41, 5.74) is 2.11. The van der Waals surface area contributed by atoms with Gasteiger partial charge >= 0.3 is 0 Å². The molecule has 3 rings (SSSR count).